The van der Waals surface area contributed by atoms with Crippen LogP contribution in [0.2, 0.25) is 0 Å². The number of benzene rings is 3. The monoisotopic (exact) mass is 388 g/mol. The molecule has 0 saturated heterocycles. The van der Waals surface area contributed by atoms with E-state index in [4.69, 9.17) is 0 Å². The molecule has 3 aromatic carbocycles. The molecule has 0 atom stereocenters. The van der Waals surface area contributed by atoms with E-state index in [0.29, 0.717) is 11.3 Å². The topological polar surface area (TPSA) is 73.5 Å². The Labute approximate surface area is 169 Å². The van der Waals surface area contributed by atoms with Crippen LogP contribution < -0.4 is 20.9 Å². The molecule has 4 rings (SSSR count). The molecule has 1 aliphatic carbocycles. The van der Waals surface area contributed by atoms with Crippen molar-refractivity contribution >= 4 is 39.8 Å². The average Bonchev–Trinajstić information content (AvgIpc) is 3.52. The molecule has 6 heteroatoms. The molecule has 0 radical (unpaired) electrons. The third-order valence-corrected chi connectivity index (χ3v) is 4.93. The molecule has 148 valence electrons. The standard InChI is InChI=1S/C23H24N4O2/c1-27(2)21-13-12-17(14-19(21)22(28)24-16-10-11-16)25-23(29)26-20-9-5-7-15-6-3-4-8-18(15)20/h3-9,12-14,16H,10-11H2,1-2H3,(H,24,28)(H2,25,26,29). The van der Waals surface area contributed by atoms with E-state index in [0.717, 1.165) is 35.0 Å². The number of hydrogen-bond acceptors (Lipinski definition) is 3. The number of nitrogens with one attached hydrogen (secondary N) is 3. The second-order valence-corrected chi connectivity index (χ2v) is 7.48. The summed E-state index contributed by atoms with van der Waals surface area (Å²) in [7, 11) is 3.78. The van der Waals surface area contributed by atoms with Gasteiger partial charge in [0.2, 0.25) is 0 Å². The number of rotatable bonds is 5. The third kappa shape index (κ3) is 4.32. The molecular formula is C23H24N4O2. The second-order valence-electron chi connectivity index (χ2n) is 7.48. The molecule has 0 aromatic heterocycles. The minimum Gasteiger partial charge on any atom is -0.377 e. The predicted octanol–water partition coefficient (Wildman–Crippen LogP) is 4.44. The maximum absolute atomic E-state index is 12.6. The van der Waals surface area contributed by atoms with Crippen molar-refractivity contribution < 1.29 is 9.59 Å². The zero-order valence-electron chi connectivity index (χ0n) is 16.5. The molecule has 3 aromatic rings. The molecule has 1 fully saturated rings. The van der Waals surface area contributed by atoms with Crippen LogP contribution in [-0.2, 0) is 0 Å². The summed E-state index contributed by atoms with van der Waals surface area (Å²) in [4.78, 5) is 27.1. The van der Waals surface area contributed by atoms with Crippen LogP contribution in [0.15, 0.2) is 60.7 Å². The molecular weight excluding hydrogens is 364 g/mol. The highest BCUT2D eigenvalue weighted by molar-refractivity contribution is 6.07. The average molecular weight is 388 g/mol. The van der Waals surface area contributed by atoms with Gasteiger partial charge in [-0.2, -0.15) is 0 Å². The lowest BCUT2D eigenvalue weighted by atomic mass is 10.1. The van der Waals surface area contributed by atoms with E-state index in [1.54, 1.807) is 12.1 Å². The van der Waals surface area contributed by atoms with E-state index in [-0.39, 0.29) is 18.0 Å². The molecule has 3 N–H and O–H groups in total. The number of amides is 3. The SMILES string of the molecule is CN(C)c1ccc(NC(=O)Nc2cccc3ccccc23)cc1C(=O)NC1CC1. The summed E-state index contributed by atoms with van der Waals surface area (Å²) < 4.78 is 0. The van der Waals surface area contributed by atoms with Crippen LogP contribution in [0.3, 0.4) is 0 Å². The van der Waals surface area contributed by atoms with Crippen molar-refractivity contribution in [2.75, 3.05) is 29.6 Å². The van der Waals surface area contributed by atoms with Gasteiger partial charge in [0.1, 0.15) is 0 Å². The molecule has 3 amide bonds. The second kappa shape index (κ2) is 7.83. The first kappa shape index (κ1) is 18.8. The van der Waals surface area contributed by atoms with Gasteiger partial charge in [0.15, 0.2) is 0 Å². The maximum Gasteiger partial charge on any atom is 0.323 e. The lowest BCUT2D eigenvalue weighted by Gasteiger charge is -2.18. The summed E-state index contributed by atoms with van der Waals surface area (Å²) in [6, 6.07) is 18.9. The Kier molecular flexibility index (Phi) is 5.08. The lowest BCUT2D eigenvalue weighted by molar-refractivity contribution is 0.0951. The van der Waals surface area contributed by atoms with Crippen molar-refractivity contribution in [1.82, 2.24) is 5.32 Å². The Morgan fingerprint density at radius 2 is 1.69 bits per heavy atom. The van der Waals surface area contributed by atoms with Crippen molar-refractivity contribution in [2.45, 2.75) is 18.9 Å². The van der Waals surface area contributed by atoms with Gasteiger partial charge in [-0.25, -0.2) is 4.79 Å². The van der Waals surface area contributed by atoms with Crippen molar-refractivity contribution in [3.05, 3.63) is 66.2 Å². The third-order valence-electron chi connectivity index (χ3n) is 4.93. The number of anilines is 3. The Bertz CT molecular complexity index is 1070. The van der Waals surface area contributed by atoms with E-state index in [9.17, 15) is 9.59 Å². The number of hydrogen-bond donors (Lipinski definition) is 3. The first-order chi connectivity index (χ1) is 14.0. The van der Waals surface area contributed by atoms with Gasteiger partial charge in [0.05, 0.1) is 11.3 Å². The highest BCUT2D eigenvalue weighted by Gasteiger charge is 2.25. The minimum atomic E-state index is -0.354. The van der Waals surface area contributed by atoms with Gasteiger partial charge in [-0.1, -0.05) is 36.4 Å². The van der Waals surface area contributed by atoms with Crippen LogP contribution in [0, 0.1) is 0 Å². The van der Waals surface area contributed by atoms with Crippen LogP contribution in [0.4, 0.5) is 21.9 Å². The summed E-state index contributed by atoms with van der Waals surface area (Å²) >= 11 is 0. The molecule has 0 unspecified atom stereocenters. The zero-order valence-corrected chi connectivity index (χ0v) is 16.5. The Morgan fingerprint density at radius 3 is 2.45 bits per heavy atom. The highest BCUT2D eigenvalue weighted by atomic mass is 16.2. The van der Waals surface area contributed by atoms with Crippen LogP contribution in [-0.4, -0.2) is 32.1 Å². The molecule has 0 spiro atoms. The minimum absolute atomic E-state index is 0.116. The van der Waals surface area contributed by atoms with E-state index in [1.807, 2.05) is 67.5 Å². The first-order valence-corrected chi connectivity index (χ1v) is 9.69. The lowest BCUT2D eigenvalue weighted by Crippen LogP contribution is -2.28. The van der Waals surface area contributed by atoms with Gasteiger partial charge in [-0.3, -0.25) is 4.79 Å². The Hall–Kier alpha value is -3.54. The van der Waals surface area contributed by atoms with E-state index < -0.39 is 0 Å². The fourth-order valence-corrected chi connectivity index (χ4v) is 3.30. The predicted molar refractivity (Wildman–Crippen MR) is 118 cm³/mol. The smallest absolute Gasteiger partial charge is 0.323 e. The molecule has 6 nitrogen and oxygen atoms in total. The van der Waals surface area contributed by atoms with Crippen LogP contribution in [0.5, 0.6) is 0 Å². The van der Waals surface area contributed by atoms with E-state index >= 15 is 0 Å². The van der Waals surface area contributed by atoms with Crippen LogP contribution >= 0.6 is 0 Å². The number of fused-ring (bicyclic) bond motifs is 1. The summed E-state index contributed by atoms with van der Waals surface area (Å²) in [6.07, 6.45) is 2.04. The quantitative estimate of drug-likeness (QED) is 0.605. The van der Waals surface area contributed by atoms with Gasteiger partial charge < -0.3 is 20.9 Å². The van der Waals surface area contributed by atoms with Gasteiger partial charge in [0.25, 0.3) is 5.91 Å². The summed E-state index contributed by atoms with van der Waals surface area (Å²) in [5, 5.41) is 10.8. The zero-order chi connectivity index (χ0) is 20.4. The summed E-state index contributed by atoms with van der Waals surface area (Å²) in [6.45, 7) is 0. The number of carbonyl (C=O) groups excluding carboxylic acids is 2. The van der Waals surface area contributed by atoms with Crippen molar-refractivity contribution in [3.63, 3.8) is 0 Å². The molecule has 0 heterocycles. The Balaban J connectivity index is 1.53. The van der Waals surface area contributed by atoms with Gasteiger partial charge in [-0.05, 0) is 42.5 Å². The normalized spacial score (nSPS) is 13.0. The molecule has 1 saturated carbocycles. The van der Waals surface area contributed by atoms with Crippen LogP contribution in [0.25, 0.3) is 10.8 Å². The maximum atomic E-state index is 12.6. The Morgan fingerprint density at radius 1 is 0.931 bits per heavy atom. The molecule has 0 bridgehead atoms. The fraction of sp³-hybridized carbons (Fsp3) is 0.217. The van der Waals surface area contributed by atoms with Crippen LogP contribution in [0.1, 0.15) is 23.2 Å². The van der Waals surface area contributed by atoms with Gasteiger partial charge >= 0.3 is 6.03 Å². The van der Waals surface area contributed by atoms with Crippen molar-refractivity contribution in [2.24, 2.45) is 0 Å². The fourth-order valence-electron chi connectivity index (χ4n) is 3.30. The molecule has 0 aliphatic heterocycles. The molecule has 1 aliphatic rings. The molecule has 29 heavy (non-hydrogen) atoms. The number of urea groups is 1. The first-order valence-electron chi connectivity index (χ1n) is 9.69. The highest BCUT2D eigenvalue weighted by Crippen LogP contribution is 2.26. The number of carbonyl (C=O) groups is 2. The van der Waals surface area contributed by atoms with E-state index in [2.05, 4.69) is 16.0 Å². The van der Waals surface area contributed by atoms with E-state index in [1.165, 1.54) is 0 Å². The summed E-state index contributed by atoms with van der Waals surface area (Å²) in [5.41, 5.74) is 2.65. The van der Waals surface area contributed by atoms with Gasteiger partial charge in [0, 0.05) is 36.9 Å². The largest absolute Gasteiger partial charge is 0.377 e. The van der Waals surface area contributed by atoms with Crippen molar-refractivity contribution in [1.29, 1.82) is 0 Å². The summed E-state index contributed by atoms with van der Waals surface area (Å²) in [5.74, 6) is -0.116. The van der Waals surface area contributed by atoms with Crippen molar-refractivity contribution in [3.8, 4) is 0 Å². The van der Waals surface area contributed by atoms with Gasteiger partial charge in [-0.15, -0.1) is 0 Å². The number of nitrogens with zero attached hydrogens (tertiary/aromatic N) is 1.